The highest BCUT2D eigenvalue weighted by Gasteiger charge is 2.10. The Balaban J connectivity index is 2.55. The highest BCUT2D eigenvalue weighted by atomic mass is 16.6. The molecule has 1 amide bonds. The van der Waals surface area contributed by atoms with E-state index in [1.165, 1.54) is 10.6 Å². The van der Waals surface area contributed by atoms with E-state index in [-0.39, 0.29) is 0 Å². The van der Waals surface area contributed by atoms with Crippen LogP contribution in [-0.2, 0) is 11.4 Å². The fourth-order valence-electron chi connectivity index (χ4n) is 1.93. The summed E-state index contributed by atoms with van der Waals surface area (Å²) < 4.78 is 1.36. The molecular weight excluding hydrogens is 262 g/mol. The molecule has 2 N–H and O–H groups in total. The van der Waals surface area contributed by atoms with Crippen LogP contribution < -0.4 is 16.6 Å². The number of hydrogen-bond donors (Lipinski definition) is 2. The number of aromatic amines is 1. The van der Waals surface area contributed by atoms with E-state index in [9.17, 15) is 14.4 Å². The van der Waals surface area contributed by atoms with E-state index >= 15 is 0 Å². The van der Waals surface area contributed by atoms with Gasteiger partial charge < -0.3 is 9.55 Å². The zero-order valence-corrected chi connectivity index (χ0v) is 11.2. The molecule has 0 unspecified atom stereocenters. The number of nitrogens with zero attached hydrogens (tertiary/aromatic N) is 1. The summed E-state index contributed by atoms with van der Waals surface area (Å²) in [6, 6.07) is 4.70. The Morgan fingerprint density at radius 3 is 2.75 bits per heavy atom. The molecule has 0 atom stereocenters. The zero-order chi connectivity index (χ0) is 14.7. The Labute approximate surface area is 114 Å². The molecule has 7 heteroatoms. The molecular formula is C13H15N3O4. The second-order valence-corrected chi connectivity index (χ2v) is 4.10. The average molecular weight is 277 g/mol. The van der Waals surface area contributed by atoms with Crippen molar-refractivity contribution in [1.29, 1.82) is 0 Å². The van der Waals surface area contributed by atoms with Crippen LogP contribution in [0.2, 0.25) is 0 Å². The number of benzene rings is 1. The molecule has 0 fully saturated rings. The minimum Gasteiger partial charge on any atom is -0.316 e. The van der Waals surface area contributed by atoms with Gasteiger partial charge in [-0.15, -0.1) is 0 Å². The van der Waals surface area contributed by atoms with E-state index < -0.39 is 17.0 Å². The lowest BCUT2D eigenvalue weighted by molar-refractivity contribution is 0.0364. The topological polar surface area (TPSA) is 93.2 Å². The lowest BCUT2D eigenvalue weighted by Gasteiger charge is -2.08. The second kappa shape index (κ2) is 5.70. The van der Waals surface area contributed by atoms with Crippen molar-refractivity contribution in [3.63, 3.8) is 0 Å². The maximum absolute atomic E-state index is 11.8. The van der Waals surface area contributed by atoms with Crippen molar-refractivity contribution in [2.45, 2.75) is 20.4 Å². The summed E-state index contributed by atoms with van der Waals surface area (Å²) in [6.45, 7) is 4.25. The van der Waals surface area contributed by atoms with Crippen molar-refractivity contribution in [3.8, 4) is 0 Å². The number of aryl methyl sites for hydroxylation is 1. The molecule has 0 spiro atoms. The first-order valence-electron chi connectivity index (χ1n) is 6.27. The van der Waals surface area contributed by atoms with Crippen LogP contribution in [-0.4, -0.2) is 22.1 Å². The third-order valence-corrected chi connectivity index (χ3v) is 2.86. The predicted octanol–water partition coefficient (Wildman–Crippen LogP) is 0.391. The average Bonchev–Trinajstić information content (AvgIpc) is 2.45. The quantitative estimate of drug-likeness (QED) is 0.624. The maximum atomic E-state index is 11.8. The highest BCUT2D eigenvalue weighted by Crippen LogP contribution is 2.11. The van der Waals surface area contributed by atoms with Crippen molar-refractivity contribution in [3.05, 3.63) is 44.5 Å². The van der Waals surface area contributed by atoms with Gasteiger partial charge in [-0.1, -0.05) is 0 Å². The molecule has 0 saturated heterocycles. The number of aromatic nitrogens is 2. The number of nitrogens with one attached hydrogen (secondary N) is 2. The van der Waals surface area contributed by atoms with Crippen LogP contribution in [0.1, 0.15) is 24.2 Å². The normalized spacial score (nSPS) is 10.7. The first-order chi connectivity index (χ1) is 9.58. The number of carbonyl (C=O) groups excluding carboxylic acids is 1. The summed E-state index contributed by atoms with van der Waals surface area (Å²) in [5.41, 5.74) is 2.30. The molecule has 0 aliphatic heterocycles. The van der Waals surface area contributed by atoms with Gasteiger partial charge in [0.2, 0.25) is 0 Å². The molecule has 1 heterocycles. The molecule has 2 aromatic rings. The molecule has 1 aromatic heterocycles. The van der Waals surface area contributed by atoms with Crippen molar-refractivity contribution in [2.75, 3.05) is 6.61 Å². The molecule has 20 heavy (non-hydrogen) atoms. The minimum absolute atomic E-state index is 0.336. The van der Waals surface area contributed by atoms with Crippen LogP contribution in [0, 0.1) is 0 Å². The molecule has 0 bridgehead atoms. The fraction of sp³-hybridized carbons (Fsp3) is 0.308. The molecule has 0 aliphatic carbocycles. The highest BCUT2D eigenvalue weighted by molar-refractivity contribution is 5.96. The summed E-state index contributed by atoms with van der Waals surface area (Å²) in [4.78, 5) is 42.3. The molecule has 0 saturated carbocycles. The van der Waals surface area contributed by atoms with Gasteiger partial charge in [-0.05, 0) is 32.0 Å². The van der Waals surface area contributed by atoms with E-state index in [2.05, 4.69) is 10.5 Å². The number of H-pyrrole nitrogens is 1. The van der Waals surface area contributed by atoms with E-state index in [0.717, 1.165) is 0 Å². The van der Waals surface area contributed by atoms with E-state index in [0.29, 0.717) is 29.7 Å². The molecule has 7 nitrogen and oxygen atoms in total. The lowest BCUT2D eigenvalue weighted by atomic mass is 10.2. The van der Waals surface area contributed by atoms with E-state index in [1.807, 2.05) is 0 Å². The zero-order valence-electron chi connectivity index (χ0n) is 11.2. The summed E-state index contributed by atoms with van der Waals surface area (Å²) in [6.07, 6.45) is 0. The Bertz CT molecular complexity index is 760. The fourth-order valence-corrected chi connectivity index (χ4v) is 1.93. The lowest BCUT2D eigenvalue weighted by Crippen LogP contribution is -2.36. The first-order valence-corrected chi connectivity index (χ1v) is 6.27. The van der Waals surface area contributed by atoms with Crippen LogP contribution in [0.15, 0.2) is 27.8 Å². The first kappa shape index (κ1) is 14.0. The van der Waals surface area contributed by atoms with Gasteiger partial charge in [0.1, 0.15) is 0 Å². The summed E-state index contributed by atoms with van der Waals surface area (Å²) in [5.74, 6) is -0.413. The largest absolute Gasteiger partial charge is 0.316 e. The third kappa shape index (κ3) is 2.48. The SMILES string of the molecule is CCONC(=O)c1ccc2c(c1)[nH]c(=O)c(=O)n2CC. The Kier molecular flexibility index (Phi) is 3.99. The monoisotopic (exact) mass is 277 g/mol. The molecule has 0 radical (unpaired) electrons. The summed E-state index contributed by atoms with van der Waals surface area (Å²) >= 11 is 0. The molecule has 2 rings (SSSR count). The minimum atomic E-state index is -0.707. The molecule has 0 aliphatic rings. The third-order valence-electron chi connectivity index (χ3n) is 2.86. The van der Waals surface area contributed by atoms with Crippen LogP contribution in [0.25, 0.3) is 11.0 Å². The van der Waals surface area contributed by atoms with Crippen molar-refractivity contribution >= 4 is 16.9 Å². The van der Waals surface area contributed by atoms with Gasteiger partial charge in [0.15, 0.2) is 0 Å². The van der Waals surface area contributed by atoms with Crippen molar-refractivity contribution in [2.24, 2.45) is 0 Å². The van der Waals surface area contributed by atoms with Gasteiger partial charge >= 0.3 is 11.1 Å². The summed E-state index contributed by atoms with van der Waals surface area (Å²) in [7, 11) is 0. The second-order valence-electron chi connectivity index (χ2n) is 4.10. The number of hydrogen-bond acceptors (Lipinski definition) is 4. The van der Waals surface area contributed by atoms with Crippen LogP contribution in [0.4, 0.5) is 0 Å². The number of rotatable bonds is 4. The maximum Gasteiger partial charge on any atom is 0.316 e. The molecule has 1 aromatic carbocycles. The smallest absolute Gasteiger partial charge is 0.316 e. The number of fused-ring (bicyclic) bond motifs is 1. The number of hydroxylamine groups is 1. The Morgan fingerprint density at radius 1 is 1.35 bits per heavy atom. The van der Waals surface area contributed by atoms with Gasteiger partial charge in [-0.25, -0.2) is 5.48 Å². The van der Waals surface area contributed by atoms with Gasteiger partial charge in [0.05, 0.1) is 17.6 Å². The van der Waals surface area contributed by atoms with Crippen LogP contribution >= 0.6 is 0 Å². The van der Waals surface area contributed by atoms with Crippen molar-refractivity contribution in [1.82, 2.24) is 15.0 Å². The Morgan fingerprint density at radius 2 is 2.10 bits per heavy atom. The molecule has 106 valence electrons. The summed E-state index contributed by atoms with van der Waals surface area (Å²) in [5, 5.41) is 0. The number of amides is 1. The van der Waals surface area contributed by atoms with Gasteiger partial charge in [-0.2, -0.15) is 0 Å². The van der Waals surface area contributed by atoms with Gasteiger partial charge in [0, 0.05) is 12.1 Å². The van der Waals surface area contributed by atoms with E-state index in [4.69, 9.17) is 4.84 Å². The van der Waals surface area contributed by atoms with Crippen LogP contribution in [0.3, 0.4) is 0 Å². The van der Waals surface area contributed by atoms with Gasteiger partial charge in [-0.3, -0.25) is 19.2 Å². The Hall–Kier alpha value is -2.41. The van der Waals surface area contributed by atoms with Gasteiger partial charge in [0.25, 0.3) is 5.91 Å². The van der Waals surface area contributed by atoms with E-state index in [1.54, 1.807) is 26.0 Å². The standard InChI is InChI=1S/C13H15N3O4/c1-3-16-10-6-5-8(11(17)15-20-4-2)7-9(10)14-12(18)13(16)19/h5-7H,3-4H2,1-2H3,(H,14,18)(H,15,17). The predicted molar refractivity (Wildman–Crippen MR) is 73.6 cm³/mol. The van der Waals surface area contributed by atoms with Crippen LogP contribution in [0.5, 0.6) is 0 Å². The number of carbonyl (C=O) groups is 1. The van der Waals surface area contributed by atoms with Crippen molar-refractivity contribution < 1.29 is 9.63 Å².